The lowest BCUT2D eigenvalue weighted by molar-refractivity contribution is 0.562. The van der Waals surface area contributed by atoms with E-state index in [1.807, 2.05) is 61.1 Å². The van der Waals surface area contributed by atoms with Crippen molar-refractivity contribution in [3.05, 3.63) is 59.7 Å². The van der Waals surface area contributed by atoms with Crippen molar-refractivity contribution in [1.82, 2.24) is 0 Å². The van der Waals surface area contributed by atoms with E-state index in [2.05, 4.69) is 0 Å². The molecule has 2 heteroatoms. The van der Waals surface area contributed by atoms with Crippen LogP contribution in [0.15, 0.2) is 48.5 Å². The molecule has 0 aliphatic carbocycles. The van der Waals surface area contributed by atoms with Crippen LogP contribution >= 0.6 is 0 Å². The van der Waals surface area contributed by atoms with Crippen molar-refractivity contribution in [3.63, 3.8) is 0 Å². The molecule has 0 amide bonds. The largest absolute Gasteiger partial charge is 0.285 e. The molecular formula is C18H8O2. The van der Waals surface area contributed by atoms with Gasteiger partial charge < -0.3 is 0 Å². The lowest BCUT2D eigenvalue weighted by Crippen LogP contribution is -1.89. The second-order valence-corrected chi connectivity index (χ2v) is 4.93. The van der Waals surface area contributed by atoms with Crippen molar-refractivity contribution < 1.29 is 9.59 Å². The summed E-state index contributed by atoms with van der Waals surface area (Å²) in [4.78, 5) is 21.8. The Balaban J connectivity index is 2.30. The second kappa shape index (κ2) is 3.87. The molecule has 0 N–H and O–H groups in total. The number of hydrogen-bond donors (Lipinski definition) is 0. The number of rotatable bonds is 2. The predicted octanol–water partition coefficient (Wildman–Crippen LogP) is 3.50. The van der Waals surface area contributed by atoms with E-state index in [1.165, 1.54) is 0 Å². The third-order valence-electron chi connectivity index (χ3n) is 3.77. The van der Waals surface area contributed by atoms with Gasteiger partial charge in [-0.1, -0.05) is 24.3 Å². The fraction of sp³-hybridized carbons (Fsp3) is 0. The summed E-state index contributed by atoms with van der Waals surface area (Å²) in [5, 5.41) is 6.31. The van der Waals surface area contributed by atoms with E-state index in [0.29, 0.717) is 11.1 Å². The molecule has 4 rings (SSSR count). The van der Waals surface area contributed by atoms with E-state index in [9.17, 15) is 9.59 Å². The van der Waals surface area contributed by atoms with Gasteiger partial charge in [-0.3, -0.25) is 9.59 Å². The van der Waals surface area contributed by atoms with E-state index in [-0.39, 0.29) is 0 Å². The average molecular weight is 256 g/mol. The number of benzene rings is 4. The van der Waals surface area contributed by atoms with E-state index < -0.39 is 0 Å². The molecule has 0 aliphatic heterocycles. The van der Waals surface area contributed by atoms with Gasteiger partial charge >= 0.3 is 0 Å². The maximum Gasteiger partial charge on any atom is 0.233 e. The molecule has 0 saturated heterocycles. The Hall–Kier alpha value is -2.74. The van der Waals surface area contributed by atoms with Crippen LogP contribution in [-0.2, 0) is 9.59 Å². The van der Waals surface area contributed by atoms with Gasteiger partial charge in [0, 0.05) is 11.1 Å². The molecule has 4 aromatic carbocycles. The van der Waals surface area contributed by atoms with Gasteiger partial charge in [0.2, 0.25) is 12.6 Å². The summed E-state index contributed by atoms with van der Waals surface area (Å²) in [6.45, 7) is 0. The van der Waals surface area contributed by atoms with Crippen LogP contribution in [-0.4, -0.2) is 12.6 Å². The highest BCUT2D eigenvalue weighted by Gasteiger charge is 2.10. The van der Waals surface area contributed by atoms with Gasteiger partial charge in [0.25, 0.3) is 0 Å². The summed E-state index contributed by atoms with van der Waals surface area (Å²) in [6.07, 6.45) is 3.89. The summed E-state index contributed by atoms with van der Waals surface area (Å²) >= 11 is 0. The van der Waals surface area contributed by atoms with Gasteiger partial charge in [-0.25, -0.2) is 0 Å². The van der Waals surface area contributed by atoms with E-state index in [0.717, 1.165) is 32.3 Å². The zero-order valence-corrected chi connectivity index (χ0v) is 10.4. The smallest absolute Gasteiger partial charge is 0.233 e. The first kappa shape index (κ1) is 11.1. The summed E-state index contributed by atoms with van der Waals surface area (Å²) < 4.78 is 0. The minimum absolute atomic E-state index is 0.554. The van der Waals surface area contributed by atoms with Gasteiger partial charge in [0.1, 0.15) is 0 Å². The van der Waals surface area contributed by atoms with Crippen LogP contribution in [0.25, 0.3) is 32.3 Å². The van der Waals surface area contributed by atoms with Crippen LogP contribution in [0.5, 0.6) is 0 Å². The SMILES string of the molecule is O=[C]c1cc2ccc3cc([C]=O)cc4ccc(c1)c2c34. The third-order valence-corrected chi connectivity index (χ3v) is 3.77. The molecule has 0 atom stereocenters. The maximum absolute atomic E-state index is 10.9. The number of hydrogen-bond acceptors (Lipinski definition) is 2. The molecule has 0 spiro atoms. The normalized spacial score (nSPS) is 11.4. The molecule has 4 aromatic rings. The van der Waals surface area contributed by atoms with Crippen molar-refractivity contribution in [2.45, 2.75) is 0 Å². The Morgan fingerprint density at radius 3 is 1.10 bits per heavy atom. The minimum atomic E-state index is 0.554. The van der Waals surface area contributed by atoms with Crippen LogP contribution in [0.3, 0.4) is 0 Å². The highest BCUT2D eigenvalue weighted by Crippen LogP contribution is 2.35. The van der Waals surface area contributed by atoms with Crippen LogP contribution in [0.1, 0.15) is 11.1 Å². The average Bonchev–Trinajstić information content (AvgIpc) is 2.51. The highest BCUT2D eigenvalue weighted by molar-refractivity contribution is 6.24. The molecule has 2 nitrogen and oxygen atoms in total. The second-order valence-electron chi connectivity index (χ2n) is 4.93. The summed E-state index contributed by atoms with van der Waals surface area (Å²) in [5.41, 5.74) is 1.11. The quantitative estimate of drug-likeness (QED) is 0.514. The van der Waals surface area contributed by atoms with Crippen LogP contribution in [0.4, 0.5) is 0 Å². The fourth-order valence-electron chi connectivity index (χ4n) is 2.96. The molecule has 0 bridgehead atoms. The van der Waals surface area contributed by atoms with Crippen molar-refractivity contribution in [2.75, 3.05) is 0 Å². The maximum atomic E-state index is 10.9. The van der Waals surface area contributed by atoms with Gasteiger partial charge in [-0.15, -0.1) is 0 Å². The molecule has 0 heterocycles. The zero-order chi connectivity index (χ0) is 13.7. The lowest BCUT2D eigenvalue weighted by atomic mass is 9.92. The summed E-state index contributed by atoms with van der Waals surface area (Å²) in [6, 6.07) is 15.3. The molecule has 0 fully saturated rings. The monoisotopic (exact) mass is 256 g/mol. The first-order chi connectivity index (χ1) is 9.80. The Kier molecular flexibility index (Phi) is 2.15. The van der Waals surface area contributed by atoms with Crippen molar-refractivity contribution in [1.29, 1.82) is 0 Å². The summed E-state index contributed by atoms with van der Waals surface area (Å²) in [5.74, 6) is 0. The third kappa shape index (κ3) is 1.39. The van der Waals surface area contributed by atoms with Crippen molar-refractivity contribution in [3.8, 4) is 0 Å². The van der Waals surface area contributed by atoms with E-state index in [1.54, 1.807) is 0 Å². The Labute approximate surface area is 115 Å². The van der Waals surface area contributed by atoms with Crippen LogP contribution in [0, 0.1) is 0 Å². The lowest BCUT2D eigenvalue weighted by Gasteiger charge is -2.11. The Morgan fingerprint density at radius 2 is 0.850 bits per heavy atom. The molecular weight excluding hydrogens is 248 g/mol. The minimum Gasteiger partial charge on any atom is -0.285 e. The molecule has 92 valence electrons. The fourth-order valence-corrected chi connectivity index (χ4v) is 2.96. The molecule has 0 aromatic heterocycles. The highest BCUT2D eigenvalue weighted by atomic mass is 16.1. The topological polar surface area (TPSA) is 34.1 Å². The predicted molar refractivity (Wildman–Crippen MR) is 79.7 cm³/mol. The first-order valence-electron chi connectivity index (χ1n) is 6.29. The molecule has 2 radical (unpaired) electrons. The van der Waals surface area contributed by atoms with Gasteiger partial charge in [0.05, 0.1) is 0 Å². The van der Waals surface area contributed by atoms with Gasteiger partial charge in [-0.2, -0.15) is 0 Å². The summed E-state index contributed by atoms with van der Waals surface area (Å²) in [7, 11) is 0. The molecule has 20 heavy (non-hydrogen) atoms. The zero-order valence-electron chi connectivity index (χ0n) is 10.4. The first-order valence-corrected chi connectivity index (χ1v) is 6.29. The standard InChI is InChI=1S/C18H8O2/c19-9-11-5-13-1-2-14-6-12(10-20)8-16-4-3-15(7-11)17(13)18(14)16/h1-8H. The van der Waals surface area contributed by atoms with Crippen LogP contribution in [0.2, 0.25) is 0 Å². The molecule has 0 aliphatic rings. The van der Waals surface area contributed by atoms with Crippen molar-refractivity contribution >= 4 is 44.9 Å². The number of carbonyl (C=O) groups excluding carboxylic acids is 2. The molecule has 0 saturated carbocycles. The molecule has 0 unspecified atom stereocenters. The Bertz CT molecular complexity index is 835. The van der Waals surface area contributed by atoms with Gasteiger partial charge in [0.15, 0.2) is 0 Å². The van der Waals surface area contributed by atoms with Crippen molar-refractivity contribution in [2.24, 2.45) is 0 Å². The van der Waals surface area contributed by atoms with Gasteiger partial charge in [-0.05, 0) is 56.6 Å². The van der Waals surface area contributed by atoms with E-state index in [4.69, 9.17) is 0 Å². The van der Waals surface area contributed by atoms with E-state index >= 15 is 0 Å². The van der Waals surface area contributed by atoms with Crippen LogP contribution < -0.4 is 0 Å². The Morgan fingerprint density at radius 1 is 0.550 bits per heavy atom.